The molecule has 2 amide bonds. The Kier molecular flexibility index (Phi) is 6.41. The van der Waals surface area contributed by atoms with Crippen molar-refractivity contribution in [3.63, 3.8) is 0 Å². The molecule has 1 aromatic heterocycles. The van der Waals surface area contributed by atoms with E-state index in [1.54, 1.807) is 0 Å². The van der Waals surface area contributed by atoms with Crippen LogP contribution in [0.25, 0.3) is 10.9 Å². The highest BCUT2D eigenvalue weighted by atomic mass is 16.2. The Morgan fingerprint density at radius 3 is 2.46 bits per heavy atom. The maximum Gasteiger partial charge on any atom is 0.245 e. The van der Waals surface area contributed by atoms with Gasteiger partial charge in [-0.05, 0) is 24.5 Å². The molecule has 2 N–H and O–H groups in total. The van der Waals surface area contributed by atoms with Crippen molar-refractivity contribution >= 4 is 22.7 Å². The lowest BCUT2D eigenvalue weighted by atomic mass is 10.0. The van der Waals surface area contributed by atoms with Crippen LogP contribution in [0.4, 0.5) is 0 Å². The highest BCUT2D eigenvalue weighted by Crippen LogP contribution is 2.19. The molecule has 5 nitrogen and oxygen atoms in total. The van der Waals surface area contributed by atoms with E-state index in [4.69, 9.17) is 0 Å². The highest BCUT2D eigenvalue weighted by Gasteiger charge is 2.25. The molecule has 2 aromatic rings. The number of carbonyl (C=O) groups is 2. The SMILES string of the molecule is CCCN(CCC)C(=O)C(Cc1c[nH]c2ccccc12)NC(C)=O. The quantitative estimate of drug-likeness (QED) is 0.782. The van der Waals surface area contributed by atoms with Crippen molar-refractivity contribution in [3.8, 4) is 0 Å². The van der Waals surface area contributed by atoms with Gasteiger partial charge in [-0.15, -0.1) is 0 Å². The van der Waals surface area contributed by atoms with Gasteiger partial charge in [0.1, 0.15) is 6.04 Å². The van der Waals surface area contributed by atoms with Crippen LogP contribution in [0.3, 0.4) is 0 Å². The molecule has 0 spiro atoms. The van der Waals surface area contributed by atoms with Crippen LogP contribution in [0.1, 0.15) is 39.2 Å². The molecule has 0 fully saturated rings. The summed E-state index contributed by atoms with van der Waals surface area (Å²) in [7, 11) is 0. The van der Waals surface area contributed by atoms with Crippen molar-refractivity contribution in [2.75, 3.05) is 13.1 Å². The van der Waals surface area contributed by atoms with Crippen LogP contribution >= 0.6 is 0 Å². The molecule has 5 heteroatoms. The molecule has 1 heterocycles. The van der Waals surface area contributed by atoms with Crippen LogP contribution in [-0.2, 0) is 16.0 Å². The third kappa shape index (κ3) is 4.37. The number of aromatic amines is 1. The fourth-order valence-corrected chi connectivity index (χ4v) is 3.06. The first-order valence-corrected chi connectivity index (χ1v) is 8.67. The lowest BCUT2D eigenvalue weighted by Gasteiger charge is -2.27. The zero-order valence-electron chi connectivity index (χ0n) is 14.8. The molecule has 0 aliphatic rings. The van der Waals surface area contributed by atoms with Crippen molar-refractivity contribution in [1.29, 1.82) is 0 Å². The largest absolute Gasteiger partial charge is 0.361 e. The summed E-state index contributed by atoms with van der Waals surface area (Å²) < 4.78 is 0. The minimum absolute atomic E-state index is 0.000758. The first-order chi connectivity index (χ1) is 11.6. The number of amides is 2. The normalized spacial score (nSPS) is 12.1. The summed E-state index contributed by atoms with van der Waals surface area (Å²) in [4.78, 5) is 29.6. The molecule has 0 saturated carbocycles. The van der Waals surface area contributed by atoms with Crippen LogP contribution in [0.15, 0.2) is 30.5 Å². The van der Waals surface area contributed by atoms with Gasteiger partial charge in [-0.3, -0.25) is 9.59 Å². The Labute approximate surface area is 143 Å². The van der Waals surface area contributed by atoms with Gasteiger partial charge >= 0.3 is 0 Å². The second-order valence-corrected chi connectivity index (χ2v) is 6.14. The van der Waals surface area contributed by atoms with E-state index in [-0.39, 0.29) is 11.8 Å². The van der Waals surface area contributed by atoms with E-state index in [1.807, 2.05) is 35.4 Å². The number of carbonyl (C=O) groups excluding carboxylic acids is 2. The standard InChI is InChI=1S/C19H27N3O2/c1-4-10-22(11-5-2)19(24)18(21-14(3)23)12-15-13-20-17-9-7-6-8-16(15)17/h6-9,13,18,20H,4-5,10-12H2,1-3H3,(H,21,23). The number of aromatic nitrogens is 1. The van der Waals surface area contributed by atoms with Crippen LogP contribution in [0.2, 0.25) is 0 Å². The third-order valence-electron chi connectivity index (χ3n) is 4.07. The number of hydrogen-bond acceptors (Lipinski definition) is 2. The van der Waals surface area contributed by atoms with Gasteiger partial charge in [-0.2, -0.15) is 0 Å². The van der Waals surface area contributed by atoms with E-state index in [0.29, 0.717) is 6.42 Å². The van der Waals surface area contributed by atoms with Gasteiger partial charge in [-0.1, -0.05) is 32.0 Å². The van der Waals surface area contributed by atoms with E-state index in [9.17, 15) is 9.59 Å². The molecule has 130 valence electrons. The topological polar surface area (TPSA) is 65.2 Å². The number of para-hydroxylation sites is 1. The lowest BCUT2D eigenvalue weighted by Crippen LogP contribution is -2.49. The Bertz CT molecular complexity index is 687. The molecule has 1 unspecified atom stereocenters. The van der Waals surface area contributed by atoms with Crippen LogP contribution < -0.4 is 5.32 Å². The second kappa shape index (κ2) is 8.52. The monoisotopic (exact) mass is 329 g/mol. The Morgan fingerprint density at radius 2 is 1.83 bits per heavy atom. The Morgan fingerprint density at radius 1 is 1.17 bits per heavy atom. The Balaban J connectivity index is 2.24. The summed E-state index contributed by atoms with van der Waals surface area (Å²) in [5.74, 6) is -0.180. The van der Waals surface area contributed by atoms with Gasteiger partial charge in [0.25, 0.3) is 0 Å². The molecule has 0 bridgehead atoms. The smallest absolute Gasteiger partial charge is 0.245 e. The molecule has 0 radical (unpaired) electrons. The van der Waals surface area contributed by atoms with Gasteiger partial charge in [0.2, 0.25) is 11.8 Å². The fourth-order valence-electron chi connectivity index (χ4n) is 3.06. The average Bonchev–Trinajstić information content (AvgIpc) is 2.96. The second-order valence-electron chi connectivity index (χ2n) is 6.14. The first-order valence-electron chi connectivity index (χ1n) is 8.67. The van der Waals surface area contributed by atoms with E-state index in [1.165, 1.54) is 6.92 Å². The summed E-state index contributed by atoms with van der Waals surface area (Å²) in [6.07, 6.45) is 4.24. The van der Waals surface area contributed by atoms with Crippen molar-refractivity contribution in [1.82, 2.24) is 15.2 Å². The van der Waals surface area contributed by atoms with Crippen LogP contribution in [0.5, 0.6) is 0 Å². The fraction of sp³-hybridized carbons (Fsp3) is 0.474. The number of nitrogens with zero attached hydrogens (tertiary/aromatic N) is 1. The van der Waals surface area contributed by atoms with Crippen molar-refractivity contribution in [2.45, 2.75) is 46.1 Å². The zero-order chi connectivity index (χ0) is 17.5. The maximum absolute atomic E-state index is 12.9. The summed E-state index contributed by atoms with van der Waals surface area (Å²) in [6, 6.07) is 7.47. The minimum Gasteiger partial charge on any atom is -0.361 e. The zero-order valence-corrected chi connectivity index (χ0v) is 14.8. The number of H-pyrrole nitrogens is 1. The van der Waals surface area contributed by atoms with Crippen molar-refractivity contribution in [2.24, 2.45) is 0 Å². The molecular weight excluding hydrogens is 302 g/mol. The number of rotatable bonds is 8. The number of benzene rings is 1. The minimum atomic E-state index is -0.528. The molecule has 24 heavy (non-hydrogen) atoms. The average molecular weight is 329 g/mol. The van der Waals surface area contributed by atoms with E-state index < -0.39 is 6.04 Å². The van der Waals surface area contributed by atoms with Gasteiger partial charge in [0, 0.05) is 43.5 Å². The van der Waals surface area contributed by atoms with Crippen LogP contribution in [0, 0.1) is 0 Å². The number of fused-ring (bicyclic) bond motifs is 1. The number of nitrogens with one attached hydrogen (secondary N) is 2. The first kappa shape index (κ1) is 18.0. The van der Waals surface area contributed by atoms with Gasteiger partial charge in [0.05, 0.1) is 0 Å². The molecule has 0 aliphatic carbocycles. The Hall–Kier alpha value is -2.30. The van der Waals surface area contributed by atoms with E-state index >= 15 is 0 Å². The van der Waals surface area contributed by atoms with Gasteiger partial charge in [0.15, 0.2) is 0 Å². The van der Waals surface area contributed by atoms with E-state index in [0.717, 1.165) is 42.4 Å². The maximum atomic E-state index is 12.9. The highest BCUT2D eigenvalue weighted by molar-refractivity contribution is 5.89. The predicted molar refractivity (Wildman–Crippen MR) is 96.8 cm³/mol. The summed E-state index contributed by atoms with van der Waals surface area (Å²) >= 11 is 0. The summed E-state index contributed by atoms with van der Waals surface area (Å²) in [5.41, 5.74) is 2.09. The molecule has 1 atom stereocenters. The van der Waals surface area contributed by atoms with Crippen molar-refractivity contribution in [3.05, 3.63) is 36.0 Å². The molecule has 2 rings (SSSR count). The van der Waals surface area contributed by atoms with Crippen molar-refractivity contribution < 1.29 is 9.59 Å². The van der Waals surface area contributed by atoms with Gasteiger partial charge in [-0.25, -0.2) is 0 Å². The lowest BCUT2D eigenvalue weighted by molar-refractivity contribution is -0.136. The molecular formula is C19H27N3O2. The summed E-state index contributed by atoms with van der Waals surface area (Å²) in [6.45, 7) is 7.01. The van der Waals surface area contributed by atoms with E-state index in [2.05, 4.69) is 24.1 Å². The predicted octanol–water partition coefficient (Wildman–Crippen LogP) is 2.86. The molecule has 0 saturated heterocycles. The van der Waals surface area contributed by atoms with Gasteiger partial charge < -0.3 is 15.2 Å². The summed E-state index contributed by atoms with van der Waals surface area (Å²) in [5, 5.41) is 3.93. The molecule has 1 aromatic carbocycles. The number of hydrogen-bond donors (Lipinski definition) is 2. The third-order valence-corrected chi connectivity index (χ3v) is 4.07. The van der Waals surface area contributed by atoms with Crippen LogP contribution in [-0.4, -0.2) is 40.8 Å². The molecule has 0 aliphatic heterocycles.